The van der Waals surface area contributed by atoms with Crippen LogP contribution in [-0.4, -0.2) is 53.4 Å². The van der Waals surface area contributed by atoms with E-state index in [1.54, 1.807) is 30.3 Å². The molecule has 2 aromatic rings. The summed E-state index contributed by atoms with van der Waals surface area (Å²) in [6.07, 6.45) is -0.444. The van der Waals surface area contributed by atoms with Crippen LogP contribution in [0.25, 0.3) is 0 Å². The minimum atomic E-state index is -4.44. The molecular weight excluding hydrogens is 315 g/mol. The first-order valence-electron chi connectivity index (χ1n) is 6.22. The number of aromatic hydroxyl groups is 1. The number of hydrogen-bond acceptors (Lipinski definition) is 4. The Morgan fingerprint density at radius 3 is 2.09 bits per heavy atom. The molecule has 2 rings (SSSR count). The molecule has 0 aliphatic rings. The van der Waals surface area contributed by atoms with Gasteiger partial charge in [0.2, 0.25) is 0 Å². The Hall–Kier alpha value is -1.18. The van der Waals surface area contributed by atoms with Crippen molar-refractivity contribution in [3.63, 3.8) is 0 Å². The van der Waals surface area contributed by atoms with Gasteiger partial charge in [0, 0.05) is 6.42 Å². The van der Waals surface area contributed by atoms with Crippen molar-refractivity contribution in [2.24, 2.45) is 0 Å². The van der Waals surface area contributed by atoms with Gasteiger partial charge in [-0.2, -0.15) is 8.42 Å². The number of rotatable bonds is 5. The van der Waals surface area contributed by atoms with Gasteiger partial charge in [0.15, 0.2) is 5.78 Å². The van der Waals surface area contributed by atoms with Gasteiger partial charge in [-0.1, -0.05) is 42.5 Å². The van der Waals surface area contributed by atoms with Crippen LogP contribution >= 0.6 is 0 Å². The summed E-state index contributed by atoms with van der Waals surface area (Å²) in [6.45, 7) is 0. The third-order valence-corrected chi connectivity index (χ3v) is 4.26. The molecule has 22 heavy (non-hydrogen) atoms. The number of phenols is 1. The number of carbonyl (C=O) groups excluding carboxylic acids is 1. The van der Waals surface area contributed by atoms with Gasteiger partial charge < -0.3 is 5.11 Å². The second-order valence-corrected chi connectivity index (χ2v) is 6.16. The van der Waals surface area contributed by atoms with Crippen LogP contribution in [0.15, 0.2) is 54.6 Å². The topological polar surface area (TPSA) is 91.7 Å². The number of ketones is 1. The molecule has 112 valence electrons. The molecule has 2 N–H and O–H groups in total. The number of hydrogen-bond donors (Lipinski definition) is 2. The van der Waals surface area contributed by atoms with Gasteiger partial charge in [-0.3, -0.25) is 9.35 Å². The van der Waals surface area contributed by atoms with E-state index in [4.69, 9.17) is 0 Å². The number of Topliss-reactive ketones (excluding diaryl/α,β-unsaturated/α-hetero) is 1. The summed E-state index contributed by atoms with van der Waals surface area (Å²) >= 11 is 0. The Morgan fingerprint density at radius 2 is 1.55 bits per heavy atom. The van der Waals surface area contributed by atoms with E-state index in [9.17, 15) is 22.9 Å². The van der Waals surface area contributed by atoms with E-state index >= 15 is 0 Å². The fourth-order valence-corrected chi connectivity index (χ4v) is 2.91. The summed E-state index contributed by atoms with van der Waals surface area (Å²) in [6, 6.07) is 13.9. The van der Waals surface area contributed by atoms with Crippen molar-refractivity contribution < 1.29 is 22.9 Å². The number of benzene rings is 2. The van der Waals surface area contributed by atoms with Crippen LogP contribution in [0.2, 0.25) is 0 Å². The molecular formula is C15H15NaO5S. The Balaban J connectivity index is 0.00000242. The Morgan fingerprint density at radius 1 is 1.00 bits per heavy atom. The van der Waals surface area contributed by atoms with E-state index in [2.05, 4.69) is 0 Å². The van der Waals surface area contributed by atoms with Crippen molar-refractivity contribution in [2.45, 2.75) is 11.7 Å². The van der Waals surface area contributed by atoms with E-state index in [-0.39, 0.29) is 40.9 Å². The Labute approximate surface area is 151 Å². The van der Waals surface area contributed by atoms with Crippen LogP contribution in [0.5, 0.6) is 5.75 Å². The summed E-state index contributed by atoms with van der Waals surface area (Å²) in [4.78, 5) is 12.2. The van der Waals surface area contributed by atoms with E-state index < -0.39 is 27.6 Å². The molecule has 2 aromatic carbocycles. The zero-order valence-corrected chi connectivity index (χ0v) is 11.8. The molecule has 0 fully saturated rings. The molecule has 1 atom stereocenters. The second kappa shape index (κ2) is 7.89. The third kappa shape index (κ3) is 4.66. The van der Waals surface area contributed by atoms with Crippen LogP contribution in [0.3, 0.4) is 0 Å². The van der Waals surface area contributed by atoms with Crippen molar-refractivity contribution in [3.05, 3.63) is 65.7 Å². The van der Waals surface area contributed by atoms with Gasteiger partial charge in [0.1, 0.15) is 11.0 Å². The number of phenolic OH excluding ortho intramolecular Hbond substituents is 1. The quantitative estimate of drug-likeness (QED) is 0.497. The average Bonchev–Trinajstić information content (AvgIpc) is 2.44. The predicted molar refractivity (Wildman–Crippen MR) is 84.9 cm³/mol. The van der Waals surface area contributed by atoms with Crippen molar-refractivity contribution in [1.29, 1.82) is 0 Å². The SMILES string of the molecule is O=C(CC(c1ccccc1)S(=O)(=O)O)c1ccccc1O.[NaH]. The van der Waals surface area contributed by atoms with Gasteiger partial charge >= 0.3 is 29.6 Å². The first-order valence-corrected chi connectivity index (χ1v) is 7.72. The van der Waals surface area contributed by atoms with E-state index in [1.807, 2.05) is 0 Å². The standard InChI is InChI=1S/C15H14O5S.Na.H/c16-13-9-5-4-8-12(13)14(17)10-15(21(18,19)20)11-6-2-1-3-7-11;;/h1-9,15-16H,10H2,(H,18,19,20);;. The predicted octanol–water partition coefficient (Wildman–Crippen LogP) is 1.95. The van der Waals surface area contributed by atoms with Crippen molar-refractivity contribution in [3.8, 4) is 5.75 Å². The summed E-state index contributed by atoms with van der Waals surface area (Å²) in [5, 5.41) is 8.28. The van der Waals surface area contributed by atoms with Gasteiger partial charge in [-0.15, -0.1) is 0 Å². The molecule has 0 spiro atoms. The fraction of sp³-hybridized carbons (Fsp3) is 0.133. The molecule has 7 heteroatoms. The van der Waals surface area contributed by atoms with Crippen molar-refractivity contribution >= 4 is 45.5 Å². The number of para-hydroxylation sites is 1. The summed E-state index contributed by atoms with van der Waals surface area (Å²) in [5.41, 5.74) is 0.353. The molecule has 5 nitrogen and oxygen atoms in total. The van der Waals surface area contributed by atoms with Crippen molar-refractivity contribution in [2.75, 3.05) is 0 Å². The van der Waals surface area contributed by atoms with E-state index in [1.165, 1.54) is 24.3 Å². The maximum atomic E-state index is 12.2. The van der Waals surface area contributed by atoms with Crippen LogP contribution in [-0.2, 0) is 10.1 Å². The second-order valence-electron chi connectivity index (χ2n) is 4.56. The Kier molecular flexibility index (Phi) is 6.77. The normalized spacial score (nSPS) is 12.2. The van der Waals surface area contributed by atoms with Gasteiger partial charge in [-0.25, -0.2) is 0 Å². The zero-order valence-electron chi connectivity index (χ0n) is 11.0. The van der Waals surface area contributed by atoms with Crippen LogP contribution in [0, 0.1) is 0 Å². The molecule has 0 heterocycles. The first kappa shape index (κ1) is 18.9. The van der Waals surface area contributed by atoms with E-state index in [0.717, 1.165) is 0 Å². The van der Waals surface area contributed by atoms with Crippen LogP contribution in [0.4, 0.5) is 0 Å². The number of carbonyl (C=O) groups is 1. The summed E-state index contributed by atoms with van der Waals surface area (Å²) in [5.74, 6) is -0.774. The zero-order chi connectivity index (χ0) is 15.5. The molecule has 0 aromatic heterocycles. The molecule has 0 radical (unpaired) electrons. The maximum absolute atomic E-state index is 12.2. The monoisotopic (exact) mass is 330 g/mol. The minimum absolute atomic E-state index is 0. The molecule has 0 aliphatic carbocycles. The van der Waals surface area contributed by atoms with Crippen LogP contribution < -0.4 is 0 Å². The summed E-state index contributed by atoms with van der Waals surface area (Å²) < 4.78 is 32.4. The molecule has 0 aliphatic heterocycles. The van der Waals surface area contributed by atoms with Crippen LogP contribution in [0.1, 0.15) is 27.6 Å². The molecule has 0 bridgehead atoms. The average molecular weight is 330 g/mol. The van der Waals surface area contributed by atoms with Gasteiger partial charge in [-0.05, 0) is 17.7 Å². The van der Waals surface area contributed by atoms with E-state index in [0.29, 0.717) is 5.56 Å². The molecule has 1 unspecified atom stereocenters. The van der Waals surface area contributed by atoms with Crippen molar-refractivity contribution in [1.82, 2.24) is 0 Å². The fourth-order valence-electron chi connectivity index (χ4n) is 2.05. The summed E-state index contributed by atoms with van der Waals surface area (Å²) in [7, 11) is -4.44. The first-order chi connectivity index (χ1) is 9.89. The van der Waals surface area contributed by atoms with Gasteiger partial charge in [0.25, 0.3) is 10.1 Å². The Bertz CT molecular complexity index is 744. The molecule has 0 saturated carbocycles. The molecule has 0 saturated heterocycles. The molecule has 0 amide bonds. The third-order valence-electron chi connectivity index (χ3n) is 3.11. The van der Waals surface area contributed by atoms with Gasteiger partial charge in [0.05, 0.1) is 5.56 Å².